The van der Waals surface area contributed by atoms with Crippen LogP contribution < -0.4 is 0 Å². The van der Waals surface area contributed by atoms with Crippen molar-refractivity contribution in [2.24, 2.45) is 52.3 Å². The smallest absolute Gasteiger partial charge is 0.0577 e. The van der Waals surface area contributed by atoms with E-state index in [1.165, 1.54) is 38.5 Å². The summed E-state index contributed by atoms with van der Waals surface area (Å²) in [7, 11) is 0. The van der Waals surface area contributed by atoms with Gasteiger partial charge < -0.3 is 5.11 Å². The first-order valence-electron chi connectivity index (χ1n) is 12.7. The molecule has 3 fully saturated rings. The van der Waals surface area contributed by atoms with Gasteiger partial charge in [-0.25, -0.2) is 0 Å². The van der Waals surface area contributed by atoms with Gasteiger partial charge in [-0.2, -0.15) is 0 Å². The molecule has 0 aliphatic heterocycles. The van der Waals surface area contributed by atoms with E-state index in [1.807, 2.05) is 0 Å². The molecule has 0 radical (unpaired) electrons. The van der Waals surface area contributed by atoms with Gasteiger partial charge in [0.2, 0.25) is 0 Å². The van der Waals surface area contributed by atoms with Crippen LogP contribution >= 0.6 is 0 Å². The zero-order valence-electron chi connectivity index (χ0n) is 20.0. The predicted molar refractivity (Wildman–Crippen MR) is 124 cm³/mol. The van der Waals surface area contributed by atoms with Crippen LogP contribution in [0.4, 0.5) is 0 Å². The average molecular weight is 399 g/mol. The van der Waals surface area contributed by atoms with Gasteiger partial charge in [-0.3, -0.25) is 0 Å². The second kappa shape index (κ2) is 7.85. The van der Waals surface area contributed by atoms with Gasteiger partial charge in [0.05, 0.1) is 6.10 Å². The van der Waals surface area contributed by atoms with Crippen LogP contribution in [-0.4, -0.2) is 11.2 Å². The molecule has 3 saturated carbocycles. The molecule has 1 nitrogen and oxygen atoms in total. The average Bonchev–Trinajstić information content (AvgIpc) is 3.03. The minimum Gasteiger partial charge on any atom is -0.393 e. The highest BCUT2D eigenvalue weighted by molar-refractivity contribution is 5.25. The Morgan fingerprint density at radius 3 is 2.45 bits per heavy atom. The molecule has 29 heavy (non-hydrogen) atoms. The summed E-state index contributed by atoms with van der Waals surface area (Å²) >= 11 is 0. The maximum atomic E-state index is 10.2. The fourth-order valence-corrected chi connectivity index (χ4v) is 8.25. The van der Waals surface area contributed by atoms with Gasteiger partial charge in [0.15, 0.2) is 0 Å². The van der Waals surface area contributed by atoms with Gasteiger partial charge >= 0.3 is 0 Å². The lowest BCUT2D eigenvalue weighted by atomic mass is 9.47. The summed E-state index contributed by atoms with van der Waals surface area (Å²) in [5.41, 5.74) is 2.51. The zero-order chi connectivity index (χ0) is 21.0. The normalized spacial score (nSPS) is 46.8. The summed E-state index contributed by atoms with van der Waals surface area (Å²) < 4.78 is 0. The van der Waals surface area contributed by atoms with Gasteiger partial charge in [0.1, 0.15) is 0 Å². The molecule has 0 bridgehead atoms. The molecule has 0 aromatic heterocycles. The number of allylic oxidation sites excluding steroid dienone is 3. The van der Waals surface area contributed by atoms with Crippen LogP contribution in [0.2, 0.25) is 0 Å². The largest absolute Gasteiger partial charge is 0.393 e. The molecule has 0 heterocycles. The highest BCUT2D eigenvalue weighted by Gasteiger charge is 2.58. The number of aliphatic hydroxyl groups excluding tert-OH is 1. The van der Waals surface area contributed by atoms with E-state index in [-0.39, 0.29) is 6.10 Å². The van der Waals surface area contributed by atoms with E-state index < -0.39 is 0 Å². The molecule has 0 aromatic carbocycles. The Labute approximate surface area is 180 Å². The van der Waals surface area contributed by atoms with Crippen molar-refractivity contribution < 1.29 is 5.11 Å². The van der Waals surface area contributed by atoms with Gasteiger partial charge in [-0.15, -0.1) is 0 Å². The molecular weight excluding hydrogens is 352 g/mol. The lowest BCUT2D eigenvalue weighted by Crippen LogP contribution is -2.50. The van der Waals surface area contributed by atoms with Crippen LogP contribution in [0.15, 0.2) is 23.8 Å². The molecule has 0 saturated heterocycles. The molecule has 1 N–H and O–H groups in total. The first-order valence-corrected chi connectivity index (χ1v) is 12.7. The second-order valence-corrected chi connectivity index (χ2v) is 12.2. The summed E-state index contributed by atoms with van der Waals surface area (Å²) in [6, 6.07) is 0. The van der Waals surface area contributed by atoms with Crippen molar-refractivity contribution >= 4 is 0 Å². The molecule has 0 amide bonds. The van der Waals surface area contributed by atoms with Gasteiger partial charge in [-0.1, -0.05) is 65.3 Å². The van der Waals surface area contributed by atoms with Crippen LogP contribution in [0, 0.1) is 52.3 Å². The maximum Gasteiger partial charge on any atom is 0.0577 e. The SMILES string of the molecule is CC(C)[C@@H](C)C=C[C@@H](C)[C@H]1CC[C@H]2[C@@H]3CC=C4CC(O)CC[C@]4(C)[C@H]3CC[C@]12C. The molecule has 0 spiro atoms. The molecule has 1 unspecified atom stereocenters. The van der Waals surface area contributed by atoms with Crippen LogP contribution in [0.25, 0.3) is 0 Å². The highest BCUT2D eigenvalue weighted by Crippen LogP contribution is 2.67. The lowest BCUT2D eigenvalue weighted by Gasteiger charge is -2.58. The van der Waals surface area contributed by atoms with E-state index in [0.717, 1.165) is 42.4 Å². The van der Waals surface area contributed by atoms with Crippen LogP contribution in [0.3, 0.4) is 0 Å². The van der Waals surface area contributed by atoms with E-state index in [2.05, 4.69) is 59.8 Å². The van der Waals surface area contributed by atoms with Gasteiger partial charge in [-0.05, 0) is 104 Å². The monoisotopic (exact) mass is 398 g/mol. The minimum absolute atomic E-state index is 0.0866. The lowest BCUT2D eigenvalue weighted by molar-refractivity contribution is -0.0540. The third-order valence-corrected chi connectivity index (χ3v) is 10.6. The predicted octanol–water partition coefficient (Wildman–Crippen LogP) is 7.41. The minimum atomic E-state index is -0.0866. The van der Waals surface area contributed by atoms with E-state index in [1.54, 1.807) is 5.57 Å². The summed E-state index contributed by atoms with van der Waals surface area (Å²) in [5, 5.41) is 10.2. The summed E-state index contributed by atoms with van der Waals surface area (Å²) in [6.45, 7) is 14.7. The number of aliphatic hydroxyl groups is 1. The third-order valence-electron chi connectivity index (χ3n) is 10.6. The fraction of sp³-hybridized carbons (Fsp3) is 0.857. The van der Waals surface area contributed by atoms with Crippen molar-refractivity contribution in [3.63, 3.8) is 0 Å². The zero-order valence-corrected chi connectivity index (χ0v) is 20.0. The maximum absolute atomic E-state index is 10.2. The molecular formula is C28H46O. The molecule has 164 valence electrons. The Morgan fingerprint density at radius 1 is 0.966 bits per heavy atom. The summed E-state index contributed by atoms with van der Waals surface area (Å²) in [5.74, 6) is 5.63. The van der Waals surface area contributed by atoms with E-state index >= 15 is 0 Å². The molecule has 9 atom stereocenters. The van der Waals surface area contributed by atoms with Crippen LogP contribution in [-0.2, 0) is 0 Å². The first kappa shape index (κ1) is 21.7. The van der Waals surface area contributed by atoms with Crippen molar-refractivity contribution in [3.8, 4) is 0 Å². The second-order valence-electron chi connectivity index (χ2n) is 12.2. The fourth-order valence-electron chi connectivity index (χ4n) is 8.25. The van der Waals surface area contributed by atoms with Crippen molar-refractivity contribution in [1.82, 2.24) is 0 Å². The highest BCUT2D eigenvalue weighted by atomic mass is 16.3. The van der Waals surface area contributed by atoms with Crippen molar-refractivity contribution in [2.45, 2.75) is 99.0 Å². The van der Waals surface area contributed by atoms with Crippen LogP contribution in [0.1, 0.15) is 92.9 Å². The molecule has 4 rings (SSSR count). The number of fused-ring (bicyclic) bond motifs is 5. The molecule has 1 heteroatoms. The summed E-state index contributed by atoms with van der Waals surface area (Å²) in [4.78, 5) is 0. The number of rotatable bonds is 4. The van der Waals surface area contributed by atoms with Gasteiger partial charge in [0.25, 0.3) is 0 Å². The van der Waals surface area contributed by atoms with Crippen molar-refractivity contribution in [3.05, 3.63) is 23.8 Å². The van der Waals surface area contributed by atoms with E-state index in [4.69, 9.17) is 0 Å². The van der Waals surface area contributed by atoms with Crippen LogP contribution in [0.5, 0.6) is 0 Å². The Morgan fingerprint density at radius 2 is 1.72 bits per heavy atom. The van der Waals surface area contributed by atoms with Gasteiger partial charge in [0, 0.05) is 0 Å². The molecule has 0 aromatic rings. The standard InChI is InChI=1S/C28H46O/c1-18(2)19(3)7-8-20(4)24-11-12-25-23-10-9-21-17-22(29)13-15-27(21,5)26(23)14-16-28(24,25)6/h7-9,18-20,22-26,29H,10-17H2,1-6H3/t19-,20+,22?,23-,24+,25-,26-,27-,28+/m0/s1. The topological polar surface area (TPSA) is 20.2 Å². The summed E-state index contributed by atoms with van der Waals surface area (Å²) in [6.07, 6.45) is 17.7. The quantitative estimate of drug-likeness (QED) is 0.489. The Balaban J connectivity index is 1.53. The molecule has 4 aliphatic rings. The van der Waals surface area contributed by atoms with Crippen molar-refractivity contribution in [1.29, 1.82) is 0 Å². The Kier molecular flexibility index (Phi) is 5.86. The van der Waals surface area contributed by atoms with E-state index in [0.29, 0.717) is 22.7 Å². The van der Waals surface area contributed by atoms with Crippen molar-refractivity contribution in [2.75, 3.05) is 0 Å². The third kappa shape index (κ3) is 3.58. The molecule has 4 aliphatic carbocycles. The van der Waals surface area contributed by atoms with E-state index in [9.17, 15) is 5.11 Å². The Bertz CT molecular complexity index is 659. The number of hydrogen-bond acceptors (Lipinski definition) is 1. The first-order chi connectivity index (χ1) is 13.7. The number of hydrogen-bond donors (Lipinski definition) is 1. The Hall–Kier alpha value is -0.560.